The molecular weight excluding hydrogens is 314 g/mol. The number of furan rings is 1. The standard InChI is InChI=1S/C20H29N3O2/c1-4-23(5-2)18(19-12-9-13-25-19)14-21-20(24)16-22(3)15-17-10-7-6-8-11-17/h6-13,18H,4-5,14-16H2,1-3H3,(H,21,24). The molecule has 0 saturated heterocycles. The molecule has 0 aliphatic heterocycles. The second-order valence-corrected chi connectivity index (χ2v) is 6.21. The Morgan fingerprint density at radius 1 is 1.12 bits per heavy atom. The van der Waals surface area contributed by atoms with E-state index in [1.54, 1.807) is 6.26 Å². The summed E-state index contributed by atoms with van der Waals surface area (Å²) in [4.78, 5) is 16.6. The number of hydrogen-bond donors (Lipinski definition) is 1. The molecule has 1 unspecified atom stereocenters. The first-order valence-electron chi connectivity index (χ1n) is 8.90. The maximum absolute atomic E-state index is 12.3. The Morgan fingerprint density at radius 3 is 2.44 bits per heavy atom. The van der Waals surface area contributed by atoms with Crippen LogP contribution in [0.5, 0.6) is 0 Å². The first-order chi connectivity index (χ1) is 12.1. The Labute approximate surface area is 150 Å². The van der Waals surface area contributed by atoms with Gasteiger partial charge in [0.25, 0.3) is 0 Å². The van der Waals surface area contributed by atoms with E-state index in [0.717, 1.165) is 25.4 Å². The highest BCUT2D eigenvalue weighted by atomic mass is 16.3. The SMILES string of the molecule is CCN(CC)C(CNC(=O)CN(C)Cc1ccccc1)c1ccco1. The minimum atomic E-state index is 0.0298. The van der Waals surface area contributed by atoms with Crippen LogP contribution in [0.2, 0.25) is 0 Å². The van der Waals surface area contributed by atoms with Crippen LogP contribution in [-0.2, 0) is 11.3 Å². The predicted molar refractivity (Wildman–Crippen MR) is 100 cm³/mol. The van der Waals surface area contributed by atoms with Crippen LogP contribution in [0.15, 0.2) is 53.1 Å². The van der Waals surface area contributed by atoms with Gasteiger partial charge < -0.3 is 9.73 Å². The molecule has 0 saturated carbocycles. The molecule has 0 fully saturated rings. The molecule has 5 heteroatoms. The molecule has 25 heavy (non-hydrogen) atoms. The van der Waals surface area contributed by atoms with Crippen LogP contribution in [0.25, 0.3) is 0 Å². The van der Waals surface area contributed by atoms with E-state index in [0.29, 0.717) is 13.1 Å². The van der Waals surface area contributed by atoms with E-state index in [1.807, 2.05) is 42.3 Å². The highest BCUT2D eigenvalue weighted by Crippen LogP contribution is 2.20. The van der Waals surface area contributed by atoms with Crippen LogP contribution in [0, 0.1) is 0 Å². The van der Waals surface area contributed by atoms with Gasteiger partial charge in [-0.2, -0.15) is 0 Å². The van der Waals surface area contributed by atoms with Gasteiger partial charge in [0.2, 0.25) is 5.91 Å². The van der Waals surface area contributed by atoms with Gasteiger partial charge in [0, 0.05) is 13.1 Å². The number of carbonyl (C=O) groups excluding carboxylic acids is 1. The summed E-state index contributed by atoms with van der Waals surface area (Å²) in [5.41, 5.74) is 1.20. The highest BCUT2D eigenvalue weighted by Gasteiger charge is 2.21. The van der Waals surface area contributed by atoms with Crippen molar-refractivity contribution in [3.05, 3.63) is 60.1 Å². The minimum Gasteiger partial charge on any atom is -0.468 e. The predicted octanol–water partition coefficient (Wildman–Crippen LogP) is 2.91. The molecule has 0 radical (unpaired) electrons. The Morgan fingerprint density at radius 2 is 1.84 bits per heavy atom. The van der Waals surface area contributed by atoms with E-state index in [9.17, 15) is 4.79 Å². The number of amides is 1. The van der Waals surface area contributed by atoms with Gasteiger partial charge in [-0.3, -0.25) is 14.6 Å². The topological polar surface area (TPSA) is 48.7 Å². The molecule has 136 valence electrons. The van der Waals surface area contributed by atoms with Crippen LogP contribution in [0.3, 0.4) is 0 Å². The van der Waals surface area contributed by atoms with Crippen molar-refractivity contribution in [1.29, 1.82) is 0 Å². The summed E-state index contributed by atoms with van der Waals surface area (Å²) >= 11 is 0. The van der Waals surface area contributed by atoms with E-state index in [1.165, 1.54) is 5.56 Å². The van der Waals surface area contributed by atoms with Crippen LogP contribution in [0.1, 0.15) is 31.2 Å². The van der Waals surface area contributed by atoms with Gasteiger partial charge in [0.15, 0.2) is 0 Å². The lowest BCUT2D eigenvalue weighted by atomic mass is 10.2. The maximum atomic E-state index is 12.3. The van der Waals surface area contributed by atoms with Crippen LogP contribution in [-0.4, -0.2) is 48.9 Å². The van der Waals surface area contributed by atoms with Gasteiger partial charge in [-0.1, -0.05) is 44.2 Å². The number of rotatable bonds is 10. The molecule has 1 amide bonds. The van der Waals surface area contributed by atoms with E-state index < -0.39 is 0 Å². The third-order valence-electron chi connectivity index (χ3n) is 4.33. The molecule has 2 aromatic rings. The quantitative estimate of drug-likeness (QED) is 0.721. The van der Waals surface area contributed by atoms with Gasteiger partial charge in [0.1, 0.15) is 5.76 Å². The van der Waals surface area contributed by atoms with Gasteiger partial charge in [-0.25, -0.2) is 0 Å². The lowest BCUT2D eigenvalue weighted by Gasteiger charge is -2.28. The maximum Gasteiger partial charge on any atom is 0.234 e. The summed E-state index contributed by atoms with van der Waals surface area (Å²) in [7, 11) is 1.96. The first-order valence-corrected chi connectivity index (χ1v) is 8.90. The molecule has 1 aromatic carbocycles. The fourth-order valence-electron chi connectivity index (χ4n) is 3.02. The Balaban J connectivity index is 1.86. The van der Waals surface area contributed by atoms with Gasteiger partial charge in [0.05, 0.1) is 18.8 Å². The molecule has 1 heterocycles. The molecule has 1 N–H and O–H groups in total. The summed E-state index contributed by atoms with van der Waals surface area (Å²) in [5.74, 6) is 0.920. The normalized spacial score (nSPS) is 12.5. The fraction of sp³-hybridized carbons (Fsp3) is 0.450. The molecule has 1 atom stereocenters. The second kappa shape index (κ2) is 10.0. The summed E-state index contributed by atoms with van der Waals surface area (Å²) in [6, 6.07) is 14.1. The number of carbonyl (C=O) groups is 1. The number of hydrogen-bond acceptors (Lipinski definition) is 4. The Kier molecular flexibility index (Phi) is 7.70. The lowest BCUT2D eigenvalue weighted by Crippen LogP contribution is -2.41. The first kappa shape index (κ1) is 19.2. The smallest absolute Gasteiger partial charge is 0.234 e. The second-order valence-electron chi connectivity index (χ2n) is 6.21. The van der Waals surface area contributed by atoms with Gasteiger partial charge in [-0.05, 0) is 37.8 Å². The zero-order chi connectivity index (χ0) is 18.1. The molecular formula is C20H29N3O2. The van der Waals surface area contributed by atoms with E-state index in [-0.39, 0.29) is 11.9 Å². The zero-order valence-electron chi connectivity index (χ0n) is 15.4. The highest BCUT2D eigenvalue weighted by molar-refractivity contribution is 5.78. The van der Waals surface area contributed by atoms with Crippen molar-refractivity contribution >= 4 is 5.91 Å². The van der Waals surface area contributed by atoms with Crippen molar-refractivity contribution in [3.63, 3.8) is 0 Å². The van der Waals surface area contributed by atoms with E-state index >= 15 is 0 Å². The van der Waals surface area contributed by atoms with Crippen LogP contribution < -0.4 is 5.32 Å². The van der Waals surface area contributed by atoms with Crippen molar-refractivity contribution in [2.24, 2.45) is 0 Å². The van der Waals surface area contributed by atoms with Crippen molar-refractivity contribution in [2.75, 3.05) is 33.2 Å². The monoisotopic (exact) mass is 343 g/mol. The van der Waals surface area contributed by atoms with Crippen molar-refractivity contribution in [3.8, 4) is 0 Å². The zero-order valence-corrected chi connectivity index (χ0v) is 15.4. The molecule has 0 aliphatic carbocycles. The summed E-state index contributed by atoms with van der Waals surface area (Å²) in [5, 5.41) is 3.05. The fourth-order valence-corrected chi connectivity index (χ4v) is 3.02. The van der Waals surface area contributed by atoms with Crippen molar-refractivity contribution in [2.45, 2.75) is 26.4 Å². The van der Waals surface area contributed by atoms with Crippen molar-refractivity contribution < 1.29 is 9.21 Å². The van der Waals surface area contributed by atoms with E-state index in [2.05, 4.69) is 36.2 Å². The molecule has 5 nitrogen and oxygen atoms in total. The molecule has 0 aliphatic rings. The van der Waals surface area contributed by atoms with Gasteiger partial charge >= 0.3 is 0 Å². The average Bonchev–Trinajstić information content (AvgIpc) is 3.13. The number of likely N-dealkylation sites (N-methyl/N-ethyl adjacent to an activating group) is 2. The minimum absolute atomic E-state index is 0.0298. The third-order valence-corrected chi connectivity index (χ3v) is 4.33. The average molecular weight is 343 g/mol. The summed E-state index contributed by atoms with van der Waals surface area (Å²) in [6.07, 6.45) is 1.68. The van der Waals surface area contributed by atoms with Gasteiger partial charge in [-0.15, -0.1) is 0 Å². The third kappa shape index (κ3) is 6.03. The molecule has 0 bridgehead atoms. The molecule has 0 spiro atoms. The molecule has 2 rings (SSSR count). The summed E-state index contributed by atoms with van der Waals surface area (Å²) in [6.45, 7) is 7.73. The van der Waals surface area contributed by atoms with Crippen LogP contribution >= 0.6 is 0 Å². The lowest BCUT2D eigenvalue weighted by molar-refractivity contribution is -0.122. The van der Waals surface area contributed by atoms with E-state index in [4.69, 9.17) is 4.42 Å². The molecule has 1 aromatic heterocycles. The number of benzene rings is 1. The number of nitrogens with zero attached hydrogens (tertiary/aromatic N) is 2. The largest absolute Gasteiger partial charge is 0.468 e. The van der Waals surface area contributed by atoms with Crippen molar-refractivity contribution in [1.82, 2.24) is 15.1 Å². The Bertz CT molecular complexity index is 609. The number of nitrogens with one attached hydrogen (secondary N) is 1. The summed E-state index contributed by atoms with van der Waals surface area (Å²) < 4.78 is 5.57. The Hall–Kier alpha value is -2.11. The van der Waals surface area contributed by atoms with Crippen LogP contribution in [0.4, 0.5) is 0 Å².